The minimum Gasteiger partial charge on any atom is -0.236 e. The molecule has 0 spiro atoms. The van der Waals surface area contributed by atoms with Crippen LogP contribution in [-0.2, 0) is 16.4 Å². The van der Waals surface area contributed by atoms with Crippen molar-refractivity contribution >= 4 is 8.58 Å². The standard InChI is InChI=1S/C10H15O2P/c1-13-8-7-11-12-9-10-5-3-2-4-6-10/h2-6,13H,7-9H2,1H3. The number of hydrogen-bond donors (Lipinski definition) is 0. The van der Waals surface area contributed by atoms with Crippen molar-refractivity contribution in [3.63, 3.8) is 0 Å². The first-order chi connectivity index (χ1) is 6.43. The molecule has 1 unspecified atom stereocenters. The van der Waals surface area contributed by atoms with E-state index in [9.17, 15) is 0 Å². The molecular formula is C10H15O2P. The molecule has 1 atom stereocenters. The van der Waals surface area contributed by atoms with Crippen LogP contribution in [0.2, 0.25) is 0 Å². The van der Waals surface area contributed by atoms with E-state index < -0.39 is 0 Å². The summed E-state index contributed by atoms with van der Waals surface area (Å²) in [6, 6.07) is 10.0. The van der Waals surface area contributed by atoms with Gasteiger partial charge in [-0.2, -0.15) is 0 Å². The maximum Gasteiger partial charge on any atom is 0.107 e. The van der Waals surface area contributed by atoms with Crippen LogP contribution >= 0.6 is 8.58 Å². The second-order valence-electron chi connectivity index (χ2n) is 2.67. The van der Waals surface area contributed by atoms with Crippen LogP contribution in [0.25, 0.3) is 0 Å². The second-order valence-corrected chi connectivity index (χ2v) is 3.88. The second kappa shape index (κ2) is 7.02. The van der Waals surface area contributed by atoms with Crippen molar-refractivity contribution in [2.24, 2.45) is 0 Å². The molecule has 0 aromatic heterocycles. The molecule has 1 aromatic rings. The van der Waals surface area contributed by atoms with E-state index >= 15 is 0 Å². The molecule has 0 fully saturated rings. The predicted molar refractivity (Wildman–Crippen MR) is 56.3 cm³/mol. The summed E-state index contributed by atoms with van der Waals surface area (Å²) in [4.78, 5) is 10.0. The molecule has 0 bridgehead atoms. The van der Waals surface area contributed by atoms with Gasteiger partial charge in [0.15, 0.2) is 0 Å². The average Bonchev–Trinajstić information content (AvgIpc) is 2.19. The van der Waals surface area contributed by atoms with Gasteiger partial charge >= 0.3 is 0 Å². The fourth-order valence-electron chi connectivity index (χ4n) is 0.887. The largest absolute Gasteiger partial charge is 0.236 e. The van der Waals surface area contributed by atoms with Gasteiger partial charge in [0.1, 0.15) is 6.61 Å². The zero-order chi connectivity index (χ0) is 9.36. The fourth-order valence-corrected chi connectivity index (χ4v) is 1.17. The Morgan fingerprint density at radius 3 is 2.62 bits per heavy atom. The normalized spacial score (nSPS) is 11.2. The van der Waals surface area contributed by atoms with Gasteiger partial charge in [0, 0.05) is 0 Å². The quantitative estimate of drug-likeness (QED) is 0.302. The van der Waals surface area contributed by atoms with Crippen LogP contribution in [0.4, 0.5) is 0 Å². The third-order valence-electron chi connectivity index (χ3n) is 1.59. The smallest absolute Gasteiger partial charge is 0.107 e. The van der Waals surface area contributed by atoms with E-state index in [0.29, 0.717) is 13.2 Å². The van der Waals surface area contributed by atoms with E-state index in [2.05, 4.69) is 6.66 Å². The molecule has 72 valence electrons. The maximum absolute atomic E-state index is 5.03. The van der Waals surface area contributed by atoms with Crippen LogP contribution in [0.1, 0.15) is 5.56 Å². The highest BCUT2D eigenvalue weighted by molar-refractivity contribution is 7.37. The van der Waals surface area contributed by atoms with Gasteiger partial charge in [-0.15, -0.1) is 8.58 Å². The van der Waals surface area contributed by atoms with E-state index in [-0.39, 0.29) is 0 Å². The van der Waals surface area contributed by atoms with Crippen molar-refractivity contribution in [1.29, 1.82) is 0 Å². The molecule has 1 rings (SSSR count). The minimum atomic E-state index is 0.535. The summed E-state index contributed by atoms with van der Waals surface area (Å²) < 4.78 is 0. The molecule has 0 aliphatic heterocycles. The van der Waals surface area contributed by atoms with Crippen molar-refractivity contribution in [3.05, 3.63) is 35.9 Å². The summed E-state index contributed by atoms with van der Waals surface area (Å²) in [5, 5.41) is 0. The summed E-state index contributed by atoms with van der Waals surface area (Å²) in [5.74, 6) is 0. The van der Waals surface area contributed by atoms with Crippen molar-refractivity contribution in [1.82, 2.24) is 0 Å². The monoisotopic (exact) mass is 198 g/mol. The third-order valence-corrected chi connectivity index (χ3v) is 2.29. The topological polar surface area (TPSA) is 18.5 Å². The summed E-state index contributed by atoms with van der Waals surface area (Å²) in [6.07, 6.45) is 1.08. The SMILES string of the molecule is CPCCOOCc1ccccc1. The lowest BCUT2D eigenvalue weighted by atomic mass is 10.2. The molecule has 0 amide bonds. The summed E-state index contributed by atoms with van der Waals surface area (Å²) in [5.41, 5.74) is 1.14. The van der Waals surface area contributed by atoms with E-state index in [1.807, 2.05) is 30.3 Å². The zero-order valence-electron chi connectivity index (χ0n) is 7.82. The van der Waals surface area contributed by atoms with Crippen LogP contribution in [0.3, 0.4) is 0 Å². The van der Waals surface area contributed by atoms with Gasteiger partial charge in [0.2, 0.25) is 0 Å². The number of benzene rings is 1. The summed E-state index contributed by atoms with van der Waals surface area (Å²) >= 11 is 0. The molecule has 1 aromatic carbocycles. The van der Waals surface area contributed by atoms with Gasteiger partial charge in [-0.3, -0.25) is 0 Å². The molecule has 0 radical (unpaired) electrons. The molecule has 0 saturated carbocycles. The highest BCUT2D eigenvalue weighted by atomic mass is 31.1. The molecule has 3 heteroatoms. The van der Waals surface area contributed by atoms with Crippen molar-refractivity contribution in [2.75, 3.05) is 19.4 Å². The van der Waals surface area contributed by atoms with Gasteiger partial charge in [-0.25, -0.2) is 9.78 Å². The van der Waals surface area contributed by atoms with Gasteiger partial charge in [0.05, 0.1) is 6.61 Å². The lowest BCUT2D eigenvalue weighted by molar-refractivity contribution is -0.299. The Hall–Kier alpha value is -0.430. The lowest BCUT2D eigenvalue weighted by Gasteiger charge is -2.02. The molecule has 13 heavy (non-hydrogen) atoms. The molecule has 0 aliphatic carbocycles. The Bertz CT molecular complexity index is 213. The van der Waals surface area contributed by atoms with Crippen LogP contribution in [-0.4, -0.2) is 19.4 Å². The predicted octanol–water partition coefficient (Wildman–Crippen LogP) is 2.44. The first-order valence-electron chi connectivity index (χ1n) is 4.36. The Morgan fingerprint density at radius 1 is 1.15 bits per heavy atom. The Morgan fingerprint density at radius 2 is 1.92 bits per heavy atom. The van der Waals surface area contributed by atoms with Crippen molar-refractivity contribution in [3.8, 4) is 0 Å². The average molecular weight is 198 g/mol. The van der Waals surface area contributed by atoms with Crippen molar-refractivity contribution in [2.45, 2.75) is 6.61 Å². The third kappa shape index (κ3) is 4.99. The van der Waals surface area contributed by atoms with Crippen LogP contribution in [0, 0.1) is 0 Å². The van der Waals surface area contributed by atoms with E-state index in [1.165, 1.54) is 0 Å². The fraction of sp³-hybridized carbons (Fsp3) is 0.400. The Balaban J connectivity index is 2.07. The van der Waals surface area contributed by atoms with Crippen LogP contribution in [0.15, 0.2) is 30.3 Å². The Labute approximate surface area is 81.0 Å². The van der Waals surface area contributed by atoms with Crippen LogP contribution in [0.5, 0.6) is 0 Å². The number of rotatable bonds is 6. The molecule has 0 aliphatic rings. The van der Waals surface area contributed by atoms with Gasteiger partial charge in [0.25, 0.3) is 0 Å². The Kier molecular flexibility index (Phi) is 5.75. The lowest BCUT2D eigenvalue weighted by Crippen LogP contribution is -1.98. The first kappa shape index (κ1) is 10.6. The highest BCUT2D eigenvalue weighted by Crippen LogP contribution is 2.03. The summed E-state index contributed by atoms with van der Waals surface area (Å²) in [6.45, 7) is 3.38. The van der Waals surface area contributed by atoms with Gasteiger partial charge in [-0.1, -0.05) is 30.3 Å². The summed E-state index contributed by atoms with van der Waals surface area (Å²) in [7, 11) is 0.931. The molecular weight excluding hydrogens is 183 g/mol. The molecule has 0 heterocycles. The minimum absolute atomic E-state index is 0.535. The molecule has 2 nitrogen and oxygen atoms in total. The van der Waals surface area contributed by atoms with Gasteiger partial charge in [-0.05, 0) is 18.4 Å². The number of hydrogen-bond acceptors (Lipinski definition) is 2. The highest BCUT2D eigenvalue weighted by Gasteiger charge is 1.91. The zero-order valence-corrected chi connectivity index (χ0v) is 8.82. The van der Waals surface area contributed by atoms with E-state index in [4.69, 9.17) is 9.78 Å². The van der Waals surface area contributed by atoms with Crippen molar-refractivity contribution < 1.29 is 9.78 Å². The van der Waals surface area contributed by atoms with E-state index in [0.717, 1.165) is 20.3 Å². The first-order valence-corrected chi connectivity index (χ1v) is 6.07. The van der Waals surface area contributed by atoms with Crippen LogP contribution < -0.4 is 0 Å². The van der Waals surface area contributed by atoms with Gasteiger partial charge < -0.3 is 0 Å². The molecule has 0 saturated heterocycles. The maximum atomic E-state index is 5.03. The molecule has 0 N–H and O–H groups in total. The van der Waals surface area contributed by atoms with E-state index in [1.54, 1.807) is 0 Å².